The Labute approximate surface area is 159 Å². The molecule has 0 radical (unpaired) electrons. The van der Waals surface area contributed by atoms with Gasteiger partial charge in [-0.25, -0.2) is 0 Å². The van der Waals surface area contributed by atoms with Crippen molar-refractivity contribution < 1.29 is 4.57 Å². The first kappa shape index (κ1) is 16.3. The molecule has 1 unspecified atom stereocenters. The molecule has 0 aromatic heterocycles. The number of hydrogen-bond acceptors (Lipinski definition) is 1. The van der Waals surface area contributed by atoms with Gasteiger partial charge in [-0.15, -0.1) is 0 Å². The van der Waals surface area contributed by atoms with E-state index in [1.54, 1.807) is 0 Å². The monoisotopic (exact) mass is 366 g/mol. The fourth-order valence-electron chi connectivity index (χ4n) is 4.05. The number of rotatable bonds is 3. The highest BCUT2D eigenvalue weighted by Crippen LogP contribution is 2.65. The third kappa shape index (κ3) is 2.67. The van der Waals surface area contributed by atoms with Crippen LogP contribution in [0.4, 0.5) is 0 Å². The molecule has 27 heavy (non-hydrogen) atoms. The Hall–Kier alpha value is -2.89. The summed E-state index contributed by atoms with van der Waals surface area (Å²) >= 11 is 0. The third-order valence-electron chi connectivity index (χ3n) is 5.32. The maximum absolute atomic E-state index is 14.5. The van der Waals surface area contributed by atoms with Gasteiger partial charge in [0.15, 0.2) is 0 Å². The third-order valence-corrected chi connectivity index (χ3v) is 8.47. The molecule has 2 heteroatoms. The highest BCUT2D eigenvalue weighted by molar-refractivity contribution is 7.81. The van der Waals surface area contributed by atoms with Crippen molar-refractivity contribution in [2.75, 3.05) is 0 Å². The average Bonchev–Trinajstić information content (AvgIpc) is 3.01. The molecular weight excluding hydrogens is 347 g/mol. The Balaban J connectivity index is 1.74. The molecule has 5 rings (SSSR count). The maximum atomic E-state index is 14.5. The predicted molar refractivity (Wildman–Crippen MR) is 116 cm³/mol. The second kappa shape index (κ2) is 6.37. The van der Waals surface area contributed by atoms with Crippen LogP contribution in [0.25, 0.3) is 22.2 Å². The normalized spacial score (nSPS) is 18.3. The number of hydrogen-bond donors (Lipinski definition) is 0. The van der Waals surface area contributed by atoms with Crippen LogP contribution in [0.1, 0.15) is 16.7 Å². The van der Waals surface area contributed by atoms with Crippen LogP contribution in [0, 0.1) is 0 Å². The molecule has 4 aromatic carbocycles. The van der Waals surface area contributed by atoms with E-state index in [-0.39, 0.29) is 0 Å². The van der Waals surface area contributed by atoms with E-state index < -0.39 is 7.14 Å². The maximum Gasteiger partial charge on any atom is 0.148 e. The molecule has 0 amide bonds. The Kier molecular flexibility index (Phi) is 3.85. The van der Waals surface area contributed by atoms with Crippen molar-refractivity contribution in [1.82, 2.24) is 0 Å². The summed E-state index contributed by atoms with van der Waals surface area (Å²) in [4.78, 5) is 0. The zero-order valence-corrected chi connectivity index (χ0v) is 15.8. The molecule has 1 nitrogen and oxygen atoms in total. The summed E-state index contributed by atoms with van der Waals surface area (Å²) in [6, 6.07) is 32.9. The second-order valence-corrected chi connectivity index (χ2v) is 9.76. The molecule has 1 atom stereocenters. The van der Waals surface area contributed by atoms with Gasteiger partial charge < -0.3 is 4.57 Å². The molecule has 0 spiro atoms. The van der Waals surface area contributed by atoms with Gasteiger partial charge in [0.2, 0.25) is 0 Å². The second-order valence-electron chi connectivity index (χ2n) is 7.00. The lowest BCUT2D eigenvalue weighted by molar-refractivity contribution is 0.587. The Morgan fingerprint density at radius 2 is 1.37 bits per heavy atom. The molecule has 0 saturated carbocycles. The van der Waals surface area contributed by atoms with Crippen LogP contribution in [-0.2, 0) is 10.7 Å². The molecule has 0 bridgehead atoms. The first-order chi connectivity index (χ1) is 13.3. The van der Waals surface area contributed by atoms with Crippen molar-refractivity contribution in [2.24, 2.45) is 0 Å². The summed E-state index contributed by atoms with van der Waals surface area (Å²) in [5.74, 6) is 0. The summed E-state index contributed by atoms with van der Waals surface area (Å²) in [7, 11) is -2.76. The van der Waals surface area contributed by atoms with Crippen LogP contribution in [0.5, 0.6) is 0 Å². The summed E-state index contributed by atoms with van der Waals surface area (Å²) in [5.41, 5.74) is 3.28. The fourth-order valence-corrected chi connectivity index (χ4v) is 7.19. The SMILES string of the molecule is O=P1(Cc2ccccc2)C(c2cccc3ccccc23)=Cc2ccccc21. The molecule has 1 aliphatic rings. The van der Waals surface area contributed by atoms with Gasteiger partial charge >= 0.3 is 0 Å². The Bertz CT molecular complexity index is 1220. The van der Waals surface area contributed by atoms with E-state index in [9.17, 15) is 4.57 Å². The van der Waals surface area contributed by atoms with Crippen LogP contribution in [0.3, 0.4) is 0 Å². The lowest BCUT2D eigenvalue weighted by Gasteiger charge is -2.20. The van der Waals surface area contributed by atoms with Crippen molar-refractivity contribution in [3.63, 3.8) is 0 Å². The minimum absolute atomic E-state index is 0.555. The quantitative estimate of drug-likeness (QED) is 0.376. The minimum atomic E-state index is -2.76. The number of benzene rings is 4. The van der Waals surface area contributed by atoms with Crippen LogP contribution < -0.4 is 5.30 Å². The van der Waals surface area contributed by atoms with Crippen molar-refractivity contribution in [1.29, 1.82) is 0 Å². The highest BCUT2D eigenvalue weighted by atomic mass is 31.2. The van der Waals surface area contributed by atoms with Crippen LogP contribution in [0.15, 0.2) is 97.1 Å². The first-order valence-electron chi connectivity index (χ1n) is 9.19. The molecular formula is C25H19OP. The Morgan fingerprint density at radius 3 is 2.26 bits per heavy atom. The van der Waals surface area contributed by atoms with Gasteiger partial charge in [0, 0.05) is 16.8 Å². The van der Waals surface area contributed by atoms with E-state index >= 15 is 0 Å². The Morgan fingerprint density at radius 1 is 0.667 bits per heavy atom. The zero-order chi connectivity index (χ0) is 18.3. The van der Waals surface area contributed by atoms with Gasteiger partial charge in [0.1, 0.15) is 7.14 Å². The summed E-state index contributed by atoms with van der Waals surface area (Å²) in [6.45, 7) is 0. The van der Waals surface area contributed by atoms with Crippen LogP contribution in [0.2, 0.25) is 0 Å². The zero-order valence-electron chi connectivity index (χ0n) is 14.9. The average molecular weight is 366 g/mol. The smallest absolute Gasteiger partial charge is 0.148 e. The molecule has 0 aliphatic carbocycles. The summed E-state index contributed by atoms with van der Waals surface area (Å²) in [6.07, 6.45) is 2.70. The van der Waals surface area contributed by atoms with Gasteiger partial charge in [-0.1, -0.05) is 97.1 Å². The summed E-state index contributed by atoms with van der Waals surface area (Å²) in [5, 5.41) is 4.30. The van der Waals surface area contributed by atoms with E-state index in [4.69, 9.17) is 0 Å². The van der Waals surface area contributed by atoms with Crippen molar-refractivity contribution in [3.8, 4) is 0 Å². The van der Waals surface area contributed by atoms with Crippen molar-refractivity contribution >= 4 is 34.6 Å². The van der Waals surface area contributed by atoms with Crippen molar-refractivity contribution in [3.05, 3.63) is 114 Å². The van der Waals surface area contributed by atoms with Crippen molar-refractivity contribution in [2.45, 2.75) is 6.16 Å². The lowest BCUT2D eigenvalue weighted by atomic mass is 10.0. The van der Waals surface area contributed by atoms with E-state index in [0.717, 1.165) is 32.7 Å². The number of fused-ring (bicyclic) bond motifs is 2. The van der Waals surface area contributed by atoms with E-state index in [1.807, 2.05) is 42.5 Å². The predicted octanol–water partition coefficient (Wildman–Crippen LogP) is 6.54. The molecule has 130 valence electrons. The lowest BCUT2D eigenvalue weighted by Crippen LogP contribution is -2.06. The van der Waals surface area contributed by atoms with E-state index in [0.29, 0.717) is 6.16 Å². The standard InChI is InChI=1S/C25H19OP/c26-27(18-19-9-2-1-3-10-19)24-16-7-5-12-21(24)17-25(27)23-15-8-13-20-11-4-6-14-22(20)23/h1-17H,18H2. The summed E-state index contributed by atoms with van der Waals surface area (Å²) < 4.78 is 14.5. The van der Waals surface area contributed by atoms with E-state index in [2.05, 4.69) is 60.7 Å². The molecule has 1 heterocycles. The highest BCUT2D eigenvalue weighted by Gasteiger charge is 2.37. The largest absolute Gasteiger partial charge is 0.313 e. The molecule has 0 saturated heterocycles. The molecule has 0 fully saturated rings. The van der Waals surface area contributed by atoms with Gasteiger partial charge in [-0.05, 0) is 33.5 Å². The van der Waals surface area contributed by atoms with Gasteiger partial charge in [-0.3, -0.25) is 0 Å². The fraction of sp³-hybridized carbons (Fsp3) is 0.0400. The van der Waals surface area contributed by atoms with Gasteiger partial charge in [0.05, 0.1) is 0 Å². The minimum Gasteiger partial charge on any atom is -0.313 e. The molecule has 0 N–H and O–H groups in total. The van der Waals surface area contributed by atoms with Crippen LogP contribution >= 0.6 is 7.14 Å². The molecule has 1 aliphatic heterocycles. The molecule has 4 aromatic rings. The van der Waals surface area contributed by atoms with Gasteiger partial charge in [-0.2, -0.15) is 0 Å². The topological polar surface area (TPSA) is 17.1 Å². The van der Waals surface area contributed by atoms with Crippen LogP contribution in [-0.4, -0.2) is 0 Å². The van der Waals surface area contributed by atoms with Gasteiger partial charge in [0.25, 0.3) is 0 Å². The first-order valence-corrected chi connectivity index (χ1v) is 11.1. The van der Waals surface area contributed by atoms with E-state index in [1.165, 1.54) is 5.39 Å².